The van der Waals surface area contributed by atoms with E-state index in [0.29, 0.717) is 18.4 Å². The fourth-order valence-corrected chi connectivity index (χ4v) is 3.22. The molecule has 1 aliphatic rings. The quantitative estimate of drug-likeness (QED) is 0.805. The lowest BCUT2D eigenvalue weighted by atomic mass is 9.78. The third kappa shape index (κ3) is 4.80. The minimum atomic E-state index is -1.07. The average Bonchev–Trinajstić information content (AvgIpc) is 3.01. The number of hydrogen-bond donors (Lipinski definition) is 2. The Balaban J connectivity index is 2.00. The molecule has 0 atom stereocenters. The maximum Gasteiger partial charge on any atom is 0.321 e. The Morgan fingerprint density at radius 3 is 2.35 bits per heavy atom. The Hall–Kier alpha value is -2.44. The highest BCUT2D eigenvalue weighted by atomic mass is 19.1. The van der Waals surface area contributed by atoms with E-state index in [-0.39, 0.29) is 0 Å². The fourth-order valence-electron chi connectivity index (χ4n) is 3.22. The Morgan fingerprint density at radius 1 is 1.15 bits per heavy atom. The summed E-state index contributed by atoms with van der Waals surface area (Å²) in [7, 11) is 0. The molecule has 142 valence electrons. The number of amides is 3. The number of nitrogens with one attached hydrogen (secondary N) is 2. The second kappa shape index (κ2) is 7.85. The van der Waals surface area contributed by atoms with E-state index < -0.39 is 41.3 Å². The molecule has 1 aliphatic carbocycles. The summed E-state index contributed by atoms with van der Waals surface area (Å²) in [6, 6.07) is 5.47. The van der Waals surface area contributed by atoms with Gasteiger partial charge in [0.25, 0.3) is 5.91 Å². The van der Waals surface area contributed by atoms with Crippen LogP contribution in [-0.4, -0.2) is 30.1 Å². The first-order chi connectivity index (χ1) is 12.1. The Morgan fingerprint density at radius 2 is 1.77 bits per heavy atom. The summed E-state index contributed by atoms with van der Waals surface area (Å²) in [5.41, 5.74) is -1.27. The molecule has 0 heterocycles. The highest BCUT2D eigenvalue weighted by Gasteiger charge is 2.46. The minimum absolute atomic E-state index is 0.299. The Bertz CT molecular complexity index is 691. The molecular weight excluding hydrogens is 339 g/mol. The van der Waals surface area contributed by atoms with Crippen molar-refractivity contribution >= 4 is 17.9 Å². The van der Waals surface area contributed by atoms with E-state index in [1.165, 1.54) is 6.07 Å². The van der Waals surface area contributed by atoms with E-state index in [0.717, 1.165) is 12.8 Å². The fraction of sp³-hybridized carbons (Fsp3) is 0.526. The first kappa shape index (κ1) is 19.9. The number of carbonyl (C=O) groups is 3. The summed E-state index contributed by atoms with van der Waals surface area (Å²) >= 11 is 0. The van der Waals surface area contributed by atoms with Gasteiger partial charge in [-0.1, -0.05) is 31.0 Å². The van der Waals surface area contributed by atoms with Crippen LogP contribution in [0, 0.1) is 5.82 Å². The van der Waals surface area contributed by atoms with E-state index in [1.807, 2.05) is 0 Å². The predicted octanol–water partition coefficient (Wildman–Crippen LogP) is 2.81. The maximum absolute atomic E-state index is 14.2. The summed E-state index contributed by atoms with van der Waals surface area (Å²) in [5.74, 6) is -1.83. The second-order valence-electron chi connectivity index (χ2n) is 7.60. The zero-order valence-corrected chi connectivity index (χ0v) is 15.4. The molecule has 0 saturated heterocycles. The van der Waals surface area contributed by atoms with E-state index in [1.54, 1.807) is 39.0 Å². The summed E-state index contributed by atoms with van der Waals surface area (Å²) < 4.78 is 19.4. The van der Waals surface area contributed by atoms with Gasteiger partial charge < -0.3 is 10.1 Å². The van der Waals surface area contributed by atoms with Crippen molar-refractivity contribution in [3.63, 3.8) is 0 Å². The van der Waals surface area contributed by atoms with Crippen LogP contribution < -0.4 is 10.6 Å². The number of rotatable bonds is 4. The van der Waals surface area contributed by atoms with Crippen LogP contribution in [0.1, 0.15) is 52.0 Å². The number of benzene rings is 1. The van der Waals surface area contributed by atoms with Crippen LogP contribution in [0.15, 0.2) is 24.3 Å². The third-order valence-electron chi connectivity index (χ3n) is 4.31. The van der Waals surface area contributed by atoms with Gasteiger partial charge in [0.1, 0.15) is 5.82 Å². The molecule has 0 spiro atoms. The van der Waals surface area contributed by atoms with Gasteiger partial charge in [0, 0.05) is 11.1 Å². The third-order valence-corrected chi connectivity index (χ3v) is 4.31. The number of carbonyl (C=O) groups excluding carboxylic acids is 3. The average molecular weight is 364 g/mol. The predicted molar refractivity (Wildman–Crippen MR) is 93.9 cm³/mol. The summed E-state index contributed by atoms with van der Waals surface area (Å²) in [5, 5.41) is 4.68. The van der Waals surface area contributed by atoms with Crippen LogP contribution >= 0.6 is 0 Å². The van der Waals surface area contributed by atoms with Crippen molar-refractivity contribution in [2.75, 3.05) is 6.61 Å². The number of esters is 1. The van der Waals surface area contributed by atoms with Gasteiger partial charge in [0.2, 0.25) is 0 Å². The molecule has 7 heteroatoms. The molecule has 1 aromatic rings. The molecule has 1 saturated carbocycles. The lowest BCUT2D eigenvalue weighted by Gasteiger charge is -2.27. The van der Waals surface area contributed by atoms with Gasteiger partial charge in [-0.3, -0.25) is 14.9 Å². The van der Waals surface area contributed by atoms with E-state index in [4.69, 9.17) is 4.74 Å². The standard InChI is InChI=1S/C19H25FN2O4/c1-18(2,3)22-17(25)21-15(23)12-26-16(24)19(10-6-7-11-19)13-8-4-5-9-14(13)20/h4-5,8-9H,6-7,10-12H2,1-3H3,(H2,21,22,23,25). The first-order valence-corrected chi connectivity index (χ1v) is 8.68. The van der Waals surface area contributed by atoms with Crippen molar-refractivity contribution in [2.45, 2.75) is 57.4 Å². The smallest absolute Gasteiger partial charge is 0.321 e. The largest absolute Gasteiger partial charge is 0.455 e. The van der Waals surface area contributed by atoms with E-state index >= 15 is 0 Å². The Kier molecular flexibility index (Phi) is 6.00. The molecule has 2 N–H and O–H groups in total. The van der Waals surface area contributed by atoms with Crippen molar-refractivity contribution in [1.29, 1.82) is 0 Å². The molecule has 0 radical (unpaired) electrons. The highest BCUT2D eigenvalue weighted by Crippen LogP contribution is 2.43. The number of ether oxygens (including phenoxy) is 1. The Labute approximate surface area is 152 Å². The van der Waals surface area contributed by atoms with Gasteiger partial charge in [-0.15, -0.1) is 0 Å². The van der Waals surface area contributed by atoms with E-state index in [9.17, 15) is 18.8 Å². The molecule has 0 aliphatic heterocycles. The molecule has 0 aromatic heterocycles. The minimum Gasteiger partial charge on any atom is -0.455 e. The second-order valence-corrected chi connectivity index (χ2v) is 7.60. The number of hydrogen-bond acceptors (Lipinski definition) is 4. The summed E-state index contributed by atoms with van der Waals surface area (Å²) in [4.78, 5) is 36.2. The molecule has 2 rings (SSSR count). The number of halogens is 1. The molecule has 3 amide bonds. The van der Waals surface area contributed by atoms with Crippen LogP contribution in [0.4, 0.5) is 9.18 Å². The van der Waals surface area contributed by atoms with Crippen LogP contribution in [0.25, 0.3) is 0 Å². The van der Waals surface area contributed by atoms with Crippen LogP contribution in [-0.2, 0) is 19.7 Å². The van der Waals surface area contributed by atoms with Gasteiger partial charge in [-0.2, -0.15) is 0 Å². The zero-order chi connectivity index (χ0) is 19.4. The van der Waals surface area contributed by atoms with Gasteiger partial charge in [-0.05, 0) is 39.7 Å². The van der Waals surface area contributed by atoms with E-state index in [2.05, 4.69) is 10.6 Å². The van der Waals surface area contributed by atoms with Crippen molar-refractivity contribution in [1.82, 2.24) is 10.6 Å². The van der Waals surface area contributed by atoms with Crippen molar-refractivity contribution in [3.05, 3.63) is 35.6 Å². The van der Waals surface area contributed by atoms with Gasteiger partial charge in [0.15, 0.2) is 6.61 Å². The molecule has 1 aromatic carbocycles. The lowest BCUT2D eigenvalue weighted by Crippen LogP contribution is -2.49. The molecule has 0 bridgehead atoms. The SMILES string of the molecule is CC(C)(C)NC(=O)NC(=O)COC(=O)C1(c2ccccc2F)CCCC1. The number of urea groups is 1. The van der Waals surface area contributed by atoms with Gasteiger partial charge in [-0.25, -0.2) is 9.18 Å². The summed E-state index contributed by atoms with van der Waals surface area (Å²) in [6.45, 7) is 4.73. The molecular formula is C19H25FN2O4. The maximum atomic E-state index is 14.2. The monoisotopic (exact) mass is 364 g/mol. The molecule has 26 heavy (non-hydrogen) atoms. The zero-order valence-electron chi connectivity index (χ0n) is 15.4. The normalized spacial score (nSPS) is 16.0. The first-order valence-electron chi connectivity index (χ1n) is 8.68. The van der Waals surface area contributed by atoms with Crippen LogP contribution in [0.3, 0.4) is 0 Å². The topological polar surface area (TPSA) is 84.5 Å². The van der Waals surface area contributed by atoms with Gasteiger partial charge in [0.05, 0.1) is 5.41 Å². The summed E-state index contributed by atoms with van der Waals surface area (Å²) in [6.07, 6.45) is 2.50. The van der Waals surface area contributed by atoms with Crippen LogP contribution in [0.5, 0.6) is 0 Å². The molecule has 6 nitrogen and oxygen atoms in total. The number of imide groups is 1. The molecule has 1 fully saturated rings. The van der Waals surface area contributed by atoms with Gasteiger partial charge >= 0.3 is 12.0 Å². The molecule has 0 unspecified atom stereocenters. The highest BCUT2D eigenvalue weighted by molar-refractivity contribution is 5.96. The van der Waals surface area contributed by atoms with Crippen molar-refractivity contribution in [2.24, 2.45) is 0 Å². The lowest BCUT2D eigenvalue weighted by molar-refractivity contribution is -0.154. The van der Waals surface area contributed by atoms with Crippen LogP contribution in [0.2, 0.25) is 0 Å². The van der Waals surface area contributed by atoms with Crippen molar-refractivity contribution in [3.8, 4) is 0 Å². The van der Waals surface area contributed by atoms with Crippen molar-refractivity contribution < 1.29 is 23.5 Å².